The Labute approximate surface area is 135 Å². The van der Waals surface area contributed by atoms with Crippen molar-refractivity contribution in [2.75, 3.05) is 20.6 Å². The Morgan fingerprint density at radius 1 is 1.33 bits per heavy atom. The molecule has 0 bridgehead atoms. The van der Waals surface area contributed by atoms with Crippen LogP contribution < -0.4 is 4.72 Å². The minimum absolute atomic E-state index is 0.0459. The molecular formula is C12H24BrN5O2S. The number of nitrogens with zero attached hydrogens (tertiary/aromatic N) is 4. The maximum Gasteiger partial charge on any atom is 0.260 e. The molecule has 0 radical (unpaired) electrons. The van der Waals surface area contributed by atoms with E-state index in [-0.39, 0.29) is 15.7 Å². The summed E-state index contributed by atoms with van der Waals surface area (Å²) in [6, 6.07) is 0.148. The summed E-state index contributed by atoms with van der Waals surface area (Å²) < 4.78 is 28.9. The van der Waals surface area contributed by atoms with Crippen LogP contribution in [0.4, 0.5) is 0 Å². The molecule has 1 aromatic rings. The van der Waals surface area contributed by atoms with Crippen molar-refractivity contribution >= 4 is 26.0 Å². The highest BCUT2D eigenvalue weighted by molar-refractivity contribution is 9.10. The predicted molar refractivity (Wildman–Crippen MR) is 85.4 cm³/mol. The van der Waals surface area contributed by atoms with E-state index in [0.717, 1.165) is 12.8 Å². The maximum atomic E-state index is 12.4. The van der Waals surface area contributed by atoms with Crippen molar-refractivity contribution in [3.05, 3.63) is 4.60 Å². The van der Waals surface area contributed by atoms with E-state index >= 15 is 0 Å². The summed E-state index contributed by atoms with van der Waals surface area (Å²) in [6.45, 7) is 4.61. The van der Waals surface area contributed by atoms with Crippen molar-refractivity contribution < 1.29 is 8.42 Å². The van der Waals surface area contributed by atoms with Crippen LogP contribution in [0.15, 0.2) is 9.63 Å². The lowest BCUT2D eigenvalue weighted by Gasteiger charge is -2.31. The fourth-order valence-corrected chi connectivity index (χ4v) is 4.62. The summed E-state index contributed by atoms with van der Waals surface area (Å²) in [5, 5.41) is 7.46. The second-order valence-electron chi connectivity index (χ2n) is 5.27. The van der Waals surface area contributed by atoms with Crippen molar-refractivity contribution in [3.8, 4) is 0 Å². The molecule has 122 valence electrons. The average molecular weight is 382 g/mol. The number of nitrogens with one attached hydrogen (secondary N) is 1. The lowest BCUT2D eigenvalue weighted by atomic mass is 9.93. The van der Waals surface area contributed by atoms with Gasteiger partial charge in [0.2, 0.25) is 5.03 Å². The minimum Gasteiger partial charge on any atom is -0.305 e. The van der Waals surface area contributed by atoms with Crippen molar-refractivity contribution in [1.29, 1.82) is 0 Å². The molecule has 0 aliphatic rings. The maximum absolute atomic E-state index is 12.4. The highest BCUT2D eigenvalue weighted by Crippen LogP contribution is 2.20. The zero-order valence-corrected chi connectivity index (χ0v) is 15.6. The monoisotopic (exact) mass is 381 g/mol. The third-order valence-corrected chi connectivity index (χ3v) is 6.04. The molecule has 9 heteroatoms. The molecule has 0 aliphatic carbocycles. The molecule has 0 saturated carbocycles. The van der Waals surface area contributed by atoms with Crippen LogP contribution in [-0.2, 0) is 17.1 Å². The molecule has 0 aromatic carbocycles. The third-order valence-electron chi connectivity index (χ3n) is 3.73. The van der Waals surface area contributed by atoms with Gasteiger partial charge in [0.25, 0.3) is 10.0 Å². The normalized spacial score (nSPS) is 14.1. The second-order valence-corrected chi connectivity index (χ2v) is 7.70. The number of likely N-dealkylation sites (N-methyl/N-ethyl adjacent to an activating group) is 1. The number of aryl methyl sites for hydroxylation is 1. The zero-order valence-electron chi connectivity index (χ0n) is 13.2. The quantitative estimate of drug-likeness (QED) is 0.732. The van der Waals surface area contributed by atoms with Crippen LogP contribution in [0.5, 0.6) is 0 Å². The van der Waals surface area contributed by atoms with Crippen molar-refractivity contribution in [1.82, 2.24) is 24.6 Å². The van der Waals surface area contributed by atoms with Gasteiger partial charge in [0.05, 0.1) is 0 Å². The first-order valence-corrected chi connectivity index (χ1v) is 9.23. The highest BCUT2D eigenvalue weighted by Gasteiger charge is 2.27. The van der Waals surface area contributed by atoms with Crippen molar-refractivity contribution in [2.24, 2.45) is 13.0 Å². The van der Waals surface area contributed by atoms with Crippen LogP contribution in [-0.4, -0.2) is 55.0 Å². The molecule has 1 N–H and O–H groups in total. The Balaban J connectivity index is 2.89. The van der Waals surface area contributed by atoms with Gasteiger partial charge in [-0.1, -0.05) is 31.9 Å². The first kappa shape index (κ1) is 18.5. The van der Waals surface area contributed by atoms with Crippen LogP contribution in [0, 0.1) is 5.92 Å². The third kappa shape index (κ3) is 4.48. The summed E-state index contributed by atoms with van der Waals surface area (Å²) in [6.07, 6.45) is 2.02. The number of rotatable bonds is 8. The molecule has 0 saturated heterocycles. The van der Waals surface area contributed by atoms with E-state index in [1.54, 1.807) is 7.05 Å². The molecule has 1 unspecified atom stereocenters. The van der Waals surface area contributed by atoms with Gasteiger partial charge in [-0.15, -0.1) is 5.10 Å². The summed E-state index contributed by atoms with van der Waals surface area (Å²) in [5.74, 6) is 0.441. The lowest BCUT2D eigenvalue weighted by Crippen LogP contribution is -2.44. The number of sulfonamides is 1. The Bertz CT molecular complexity index is 534. The van der Waals surface area contributed by atoms with Gasteiger partial charge in [-0.2, -0.15) is 0 Å². The Morgan fingerprint density at radius 2 is 1.90 bits per heavy atom. The molecule has 0 amide bonds. The number of halogens is 1. The van der Waals surface area contributed by atoms with E-state index in [9.17, 15) is 8.42 Å². The molecule has 21 heavy (non-hydrogen) atoms. The van der Waals surface area contributed by atoms with E-state index in [1.807, 2.05) is 14.1 Å². The second kappa shape index (κ2) is 7.66. The Hall–Kier alpha value is -0.510. The van der Waals surface area contributed by atoms with Gasteiger partial charge in [-0.25, -0.2) is 17.8 Å². The van der Waals surface area contributed by atoms with E-state index < -0.39 is 10.0 Å². The van der Waals surface area contributed by atoms with E-state index in [1.165, 1.54) is 4.68 Å². The molecule has 1 heterocycles. The standard InChI is InChI=1S/C12H24BrN5O2S/c1-6-9(7-2)10(17(3)4)8-14-21(19,20)12-11(13)15-16-18(12)5/h9-10,14H,6-8H2,1-5H3. The topological polar surface area (TPSA) is 80.1 Å². The van der Waals surface area contributed by atoms with Gasteiger partial charge in [0.15, 0.2) is 4.60 Å². The fraction of sp³-hybridized carbons (Fsp3) is 0.833. The van der Waals surface area contributed by atoms with Gasteiger partial charge in [-0.05, 0) is 35.9 Å². The van der Waals surface area contributed by atoms with Crippen LogP contribution in [0.2, 0.25) is 0 Å². The van der Waals surface area contributed by atoms with Gasteiger partial charge >= 0.3 is 0 Å². The van der Waals surface area contributed by atoms with Crippen LogP contribution in [0.1, 0.15) is 26.7 Å². The molecule has 0 spiro atoms. The summed E-state index contributed by atoms with van der Waals surface area (Å²) in [5.41, 5.74) is 0. The molecule has 1 rings (SSSR count). The predicted octanol–water partition coefficient (Wildman–Crippen LogP) is 1.22. The number of aromatic nitrogens is 3. The van der Waals surface area contributed by atoms with Gasteiger partial charge < -0.3 is 4.90 Å². The van der Waals surface area contributed by atoms with Crippen LogP contribution in [0.3, 0.4) is 0 Å². The lowest BCUT2D eigenvalue weighted by molar-refractivity contribution is 0.201. The highest BCUT2D eigenvalue weighted by atomic mass is 79.9. The van der Waals surface area contributed by atoms with Gasteiger partial charge in [-0.3, -0.25) is 0 Å². The molecule has 7 nitrogen and oxygen atoms in total. The number of hydrogen-bond donors (Lipinski definition) is 1. The Kier molecular flexibility index (Phi) is 6.76. The molecule has 0 aliphatic heterocycles. The molecule has 0 fully saturated rings. The van der Waals surface area contributed by atoms with Gasteiger partial charge in [0, 0.05) is 19.6 Å². The van der Waals surface area contributed by atoms with E-state index in [2.05, 4.69) is 49.7 Å². The SMILES string of the molecule is CCC(CC)C(CNS(=O)(=O)c1c(Br)nnn1C)N(C)C. The number of hydrogen-bond acceptors (Lipinski definition) is 5. The molecular weight excluding hydrogens is 358 g/mol. The zero-order chi connectivity index (χ0) is 16.2. The van der Waals surface area contributed by atoms with Crippen molar-refractivity contribution in [2.45, 2.75) is 37.8 Å². The fourth-order valence-electron chi connectivity index (χ4n) is 2.48. The van der Waals surface area contributed by atoms with E-state index in [0.29, 0.717) is 12.5 Å². The summed E-state index contributed by atoms with van der Waals surface area (Å²) in [7, 11) is 1.85. The van der Waals surface area contributed by atoms with E-state index in [4.69, 9.17) is 0 Å². The first-order valence-electron chi connectivity index (χ1n) is 6.95. The Morgan fingerprint density at radius 3 is 2.29 bits per heavy atom. The molecule has 1 aromatic heterocycles. The molecule has 1 atom stereocenters. The smallest absolute Gasteiger partial charge is 0.260 e. The first-order chi connectivity index (χ1) is 9.74. The average Bonchev–Trinajstić information content (AvgIpc) is 2.74. The summed E-state index contributed by atoms with van der Waals surface area (Å²) in [4.78, 5) is 2.07. The largest absolute Gasteiger partial charge is 0.305 e. The summed E-state index contributed by atoms with van der Waals surface area (Å²) >= 11 is 3.12. The van der Waals surface area contributed by atoms with Gasteiger partial charge in [0.1, 0.15) is 0 Å². The van der Waals surface area contributed by atoms with Crippen molar-refractivity contribution in [3.63, 3.8) is 0 Å². The minimum atomic E-state index is -3.64. The van der Waals surface area contributed by atoms with Crippen LogP contribution >= 0.6 is 15.9 Å². The van der Waals surface area contributed by atoms with Crippen LogP contribution in [0.25, 0.3) is 0 Å².